The van der Waals surface area contributed by atoms with E-state index in [1.807, 2.05) is 48.5 Å². The van der Waals surface area contributed by atoms with E-state index in [4.69, 9.17) is 4.74 Å². The molecule has 15 heavy (non-hydrogen) atoms. The monoisotopic (exact) mass is 198 g/mol. The molecule has 0 saturated carbocycles. The lowest BCUT2D eigenvalue weighted by Gasteiger charge is -2.06. The Kier molecular flexibility index (Phi) is 2.88. The lowest BCUT2D eigenvalue weighted by Crippen LogP contribution is -1.90. The van der Waals surface area contributed by atoms with Crippen LogP contribution in [0.3, 0.4) is 0 Å². The van der Waals surface area contributed by atoms with Crippen LogP contribution in [0.5, 0.6) is 5.75 Å². The van der Waals surface area contributed by atoms with E-state index in [1.54, 1.807) is 7.11 Å². The zero-order chi connectivity index (χ0) is 10.5. The van der Waals surface area contributed by atoms with E-state index in [-0.39, 0.29) is 0 Å². The van der Waals surface area contributed by atoms with Crippen molar-refractivity contribution in [3.63, 3.8) is 0 Å². The maximum absolute atomic E-state index is 5.13. The lowest BCUT2D eigenvalue weighted by atomic mass is 10.2. The van der Waals surface area contributed by atoms with Crippen LogP contribution in [0.4, 0.5) is 11.4 Å². The summed E-state index contributed by atoms with van der Waals surface area (Å²) in [5.41, 5.74) is 1.95. The number of ether oxygens (including phenoxy) is 1. The van der Waals surface area contributed by atoms with Crippen molar-refractivity contribution in [3.05, 3.63) is 54.6 Å². The topological polar surface area (TPSA) is 21.3 Å². The van der Waals surface area contributed by atoms with Crippen molar-refractivity contribution in [3.8, 4) is 5.75 Å². The van der Waals surface area contributed by atoms with Crippen molar-refractivity contribution < 1.29 is 4.74 Å². The van der Waals surface area contributed by atoms with Gasteiger partial charge in [0, 0.05) is 17.8 Å². The summed E-state index contributed by atoms with van der Waals surface area (Å²) < 4.78 is 5.13. The van der Waals surface area contributed by atoms with Crippen LogP contribution in [-0.2, 0) is 0 Å². The summed E-state index contributed by atoms with van der Waals surface area (Å²) in [6.45, 7) is 0. The highest BCUT2D eigenvalue weighted by atomic mass is 16.5. The SMILES string of the molecule is COc1cc[c]c(Nc2ccccc2)c1. The standard InChI is InChI=1S/C13H12NO/c1-15-13-9-5-8-12(10-13)14-11-6-3-2-4-7-11/h2-7,9-10,14H,1H3. The van der Waals surface area contributed by atoms with Gasteiger partial charge in [-0.25, -0.2) is 0 Å². The van der Waals surface area contributed by atoms with Gasteiger partial charge in [-0.3, -0.25) is 0 Å². The second kappa shape index (κ2) is 4.51. The van der Waals surface area contributed by atoms with E-state index in [0.717, 1.165) is 17.1 Å². The Hall–Kier alpha value is -1.96. The summed E-state index contributed by atoms with van der Waals surface area (Å²) in [4.78, 5) is 0. The van der Waals surface area contributed by atoms with Crippen molar-refractivity contribution in [2.45, 2.75) is 0 Å². The zero-order valence-corrected chi connectivity index (χ0v) is 8.53. The molecule has 0 unspecified atom stereocenters. The molecule has 0 aromatic heterocycles. The van der Waals surface area contributed by atoms with Crippen molar-refractivity contribution in [2.24, 2.45) is 0 Å². The van der Waals surface area contributed by atoms with Crippen LogP contribution in [0.2, 0.25) is 0 Å². The predicted molar refractivity (Wildman–Crippen MR) is 61.6 cm³/mol. The maximum Gasteiger partial charge on any atom is 0.120 e. The fraction of sp³-hybridized carbons (Fsp3) is 0.0769. The second-order valence-electron chi connectivity index (χ2n) is 3.13. The van der Waals surface area contributed by atoms with Gasteiger partial charge in [0.1, 0.15) is 5.75 Å². The largest absolute Gasteiger partial charge is 0.497 e. The summed E-state index contributed by atoms with van der Waals surface area (Å²) in [6.07, 6.45) is 0. The Morgan fingerprint density at radius 3 is 2.67 bits per heavy atom. The highest BCUT2D eigenvalue weighted by molar-refractivity contribution is 5.60. The number of anilines is 2. The third kappa shape index (κ3) is 2.50. The Morgan fingerprint density at radius 1 is 1.13 bits per heavy atom. The van der Waals surface area contributed by atoms with Crippen LogP contribution in [0.1, 0.15) is 0 Å². The van der Waals surface area contributed by atoms with Gasteiger partial charge in [-0.05, 0) is 24.3 Å². The highest BCUT2D eigenvalue weighted by Gasteiger charge is 1.95. The first-order chi connectivity index (χ1) is 7.38. The van der Waals surface area contributed by atoms with Gasteiger partial charge in [-0.1, -0.05) is 18.2 Å². The van der Waals surface area contributed by atoms with E-state index in [2.05, 4.69) is 11.4 Å². The minimum Gasteiger partial charge on any atom is -0.497 e. The van der Waals surface area contributed by atoms with Crippen molar-refractivity contribution >= 4 is 11.4 Å². The molecule has 75 valence electrons. The molecule has 2 heteroatoms. The summed E-state index contributed by atoms with van der Waals surface area (Å²) in [5, 5.41) is 3.24. The number of hydrogen-bond donors (Lipinski definition) is 1. The third-order valence-electron chi connectivity index (χ3n) is 2.06. The van der Waals surface area contributed by atoms with E-state index >= 15 is 0 Å². The predicted octanol–water partition coefficient (Wildman–Crippen LogP) is 3.24. The molecule has 0 bridgehead atoms. The number of nitrogens with one attached hydrogen (secondary N) is 1. The minimum atomic E-state index is 0.826. The average Bonchev–Trinajstić information content (AvgIpc) is 2.31. The Morgan fingerprint density at radius 2 is 1.93 bits per heavy atom. The highest BCUT2D eigenvalue weighted by Crippen LogP contribution is 2.20. The summed E-state index contributed by atoms with van der Waals surface area (Å²) >= 11 is 0. The van der Waals surface area contributed by atoms with Crippen LogP contribution < -0.4 is 10.1 Å². The van der Waals surface area contributed by atoms with Gasteiger partial charge >= 0.3 is 0 Å². The van der Waals surface area contributed by atoms with Crippen LogP contribution in [0.15, 0.2) is 48.5 Å². The van der Waals surface area contributed by atoms with E-state index in [1.165, 1.54) is 0 Å². The zero-order valence-electron chi connectivity index (χ0n) is 8.53. The minimum absolute atomic E-state index is 0.826. The van der Waals surface area contributed by atoms with Crippen molar-refractivity contribution in [2.75, 3.05) is 12.4 Å². The van der Waals surface area contributed by atoms with Gasteiger partial charge in [-0.2, -0.15) is 0 Å². The molecule has 0 atom stereocenters. The number of rotatable bonds is 3. The number of para-hydroxylation sites is 1. The summed E-state index contributed by atoms with van der Waals surface area (Å²) in [6, 6.07) is 18.7. The molecule has 0 fully saturated rings. The molecule has 2 nitrogen and oxygen atoms in total. The van der Waals surface area contributed by atoms with Gasteiger partial charge in [0.05, 0.1) is 12.8 Å². The van der Waals surface area contributed by atoms with Crippen LogP contribution in [0, 0.1) is 6.07 Å². The summed E-state index contributed by atoms with van der Waals surface area (Å²) in [5.74, 6) is 0.826. The quantitative estimate of drug-likeness (QED) is 0.817. The molecule has 0 spiro atoms. The Labute approximate surface area is 89.5 Å². The molecule has 2 rings (SSSR count). The van der Waals surface area contributed by atoms with Crippen molar-refractivity contribution in [1.82, 2.24) is 0 Å². The van der Waals surface area contributed by atoms with Gasteiger partial charge in [0.15, 0.2) is 0 Å². The van der Waals surface area contributed by atoms with Crippen molar-refractivity contribution in [1.29, 1.82) is 0 Å². The first kappa shape index (κ1) is 9.59. The molecule has 1 N–H and O–H groups in total. The van der Waals surface area contributed by atoms with Crippen LogP contribution in [-0.4, -0.2) is 7.11 Å². The lowest BCUT2D eigenvalue weighted by molar-refractivity contribution is 0.415. The molecule has 2 aromatic rings. The molecule has 0 amide bonds. The van der Waals surface area contributed by atoms with Crippen LogP contribution in [0.25, 0.3) is 0 Å². The van der Waals surface area contributed by atoms with E-state index < -0.39 is 0 Å². The van der Waals surface area contributed by atoms with E-state index in [9.17, 15) is 0 Å². The summed E-state index contributed by atoms with van der Waals surface area (Å²) in [7, 11) is 1.65. The average molecular weight is 198 g/mol. The molecule has 0 heterocycles. The first-order valence-corrected chi connectivity index (χ1v) is 4.76. The third-order valence-corrected chi connectivity index (χ3v) is 2.06. The fourth-order valence-corrected chi connectivity index (χ4v) is 1.32. The van der Waals surface area contributed by atoms with Gasteiger partial charge < -0.3 is 10.1 Å². The Bertz CT molecular complexity index is 426. The Balaban J connectivity index is 2.17. The number of methoxy groups -OCH3 is 1. The molecule has 0 aliphatic heterocycles. The first-order valence-electron chi connectivity index (χ1n) is 4.76. The van der Waals surface area contributed by atoms with E-state index in [0.29, 0.717) is 0 Å². The molecular formula is C13H12NO. The van der Waals surface area contributed by atoms with Crippen LogP contribution >= 0.6 is 0 Å². The number of hydrogen-bond acceptors (Lipinski definition) is 2. The molecule has 0 aliphatic rings. The fourth-order valence-electron chi connectivity index (χ4n) is 1.32. The normalized spacial score (nSPS) is 9.67. The molecule has 2 aromatic carbocycles. The molecular weight excluding hydrogens is 186 g/mol. The molecule has 0 saturated heterocycles. The maximum atomic E-state index is 5.13. The molecule has 0 aliphatic carbocycles. The smallest absolute Gasteiger partial charge is 0.120 e. The van der Waals surface area contributed by atoms with Gasteiger partial charge in [0.25, 0.3) is 0 Å². The van der Waals surface area contributed by atoms with Gasteiger partial charge in [0.2, 0.25) is 0 Å². The second-order valence-corrected chi connectivity index (χ2v) is 3.13. The number of benzene rings is 2. The molecule has 1 radical (unpaired) electrons. The van der Waals surface area contributed by atoms with Gasteiger partial charge in [-0.15, -0.1) is 0 Å².